The van der Waals surface area contributed by atoms with Gasteiger partial charge in [0.2, 0.25) is 0 Å². The third-order valence-electron chi connectivity index (χ3n) is 2.90. The molecule has 0 spiro atoms. The fourth-order valence-corrected chi connectivity index (χ4v) is 2.93. The van der Waals surface area contributed by atoms with E-state index in [9.17, 15) is 0 Å². The molecule has 1 aliphatic rings. The molecule has 2 rings (SSSR count). The van der Waals surface area contributed by atoms with Crippen molar-refractivity contribution in [3.05, 3.63) is 33.3 Å². The first-order chi connectivity index (χ1) is 6.81. The number of halogens is 1. The van der Waals surface area contributed by atoms with E-state index in [-0.39, 0.29) is 0 Å². The van der Waals surface area contributed by atoms with Crippen molar-refractivity contribution < 1.29 is 0 Å². The molecule has 0 aliphatic heterocycles. The number of aryl methyl sites for hydroxylation is 1. The molecule has 0 bridgehead atoms. The lowest BCUT2D eigenvalue weighted by Crippen LogP contribution is -2.07. The SMILES string of the molecule is NCCc1cc(Br)c2c(c1)CCCC2. The van der Waals surface area contributed by atoms with Gasteiger partial charge < -0.3 is 5.73 Å². The fraction of sp³-hybridized carbons (Fsp3) is 0.500. The zero-order valence-corrected chi connectivity index (χ0v) is 9.94. The summed E-state index contributed by atoms with van der Waals surface area (Å²) >= 11 is 3.66. The molecular formula is C12H16BrN. The van der Waals surface area contributed by atoms with Crippen LogP contribution in [0.3, 0.4) is 0 Å². The summed E-state index contributed by atoms with van der Waals surface area (Å²) in [4.78, 5) is 0. The minimum absolute atomic E-state index is 0.741. The molecule has 0 atom stereocenters. The fourth-order valence-electron chi connectivity index (χ4n) is 2.19. The monoisotopic (exact) mass is 253 g/mol. The summed E-state index contributed by atoms with van der Waals surface area (Å²) in [7, 11) is 0. The van der Waals surface area contributed by atoms with Crippen molar-refractivity contribution >= 4 is 15.9 Å². The average Bonchev–Trinajstić information content (AvgIpc) is 2.18. The lowest BCUT2D eigenvalue weighted by atomic mass is 9.90. The topological polar surface area (TPSA) is 26.0 Å². The van der Waals surface area contributed by atoms with Crippen LogP contribution in [0, 0.1) is 0 Å². The molecule has 0 fully saturated rings. The Morgan fingerprint density at radius 1 is 1.21 bits per heavy atom. The summed E-state index contributed by atoms with van der Waals surface area (Å²) in [5, 5.41) is 0. The lowest BCUT2D eigenvalue weighted by molar-refractivity contribution is 0.681. The highest BCUT2D eigenvalue weighted by molar-refractivity contribution is 9.10. The number of rotatable bonds is 2. The van der Waals surface area contributed by atoms with E-state index < -0.39 is 0 Å². The number of fused-ring (bicyclic) bond motifs is 1. The Kier molecular flexibility index (Phi) is 3.24. The maximum absolute atomic E-state index is 5.57. The van der Waals surface area contributed by atoms with Gasteiger partial charge in [-0.3, -0.25) is 0 Å². The predicted molar refractivity (Wildman–Crippen MR) is 63.5 cm³/mol. The third kappa shape index (κ3) is 2.01. The van der Waals surface area contributed by atoms with Crippen LogP contribution in [0.2, 0.25) is 0 Å². The Hall–Kier alpha value is -0.340. The highest BCUT2D eigenvalue weighted by Crippen LogP contribution is 2.29. The second-order valence-corrected chi connectivity index (χ2v) is 4.82. The van der Waals surface area contributed by atoms with E-state index in [0.717, 1.165) is 13.0 Å². The van der Waals surface area contributed by atoms with Gasteiger partial charge in [-0.1, -0.05) is 22.0 Å². The highest BCUT2D eigenvalue weighted by atomic mass is 79.9. The Balaban J connectivity index is 2.36. The van der Waals surface area contributed by atoms with Crippen LogP contribution in [0.1, 0.15) is 29.5 Å². The van der Waals surface area contributed by atoms with Crippen LogP contribution in [0.4, 0.5) is 0 Å². The molecule has 0 aromatic heterocycles. The molecule has 0 heterocycles. The Bertz CT molecular complexity index is 333. The summed E-state index contributed by atoms with van der Waals surface area (Å²) < 4.78 is 1.29. The van der Waals surface area contributed by atoms with E-state index in [1.54, 1.807) is 0 Å². The molecule has 0 radical (unpaired) electrons. The van der Waals surface area contributed by atoms with Crippen LogP contribution in [-0.2, 0) is 19.3 Å². The molecule has 0 unspecified atom stereocenters. The van der Waals surface area contributed by atoms with Gasteiger partial charge in [0.15, 0.2) is 0 Å². The predicted octanol–water partition coefficient (Wildman–Crippen LogP) is 2.83. The Labute approximate surface area is 93.8 Å². The van der Waals surface area contributed by atoms with Crippen LogP contribution in [0.15, 0.2) is 16.6 Å². The molecule has 2 N–H and O–H groups in total. The first kappa shape index (κ1) is 10.2. The first-order valence-corrected chi connectivity index (χ1v) is 6.11. The molecule has 1 nitrogen and oxygen atoms in total. The maximum atomic E-state index is 5.57. The van der Waals surface area contributed by atoms with E-state index in [4.69, 9.17) is 5.73 Å². The van der Waals surface area contributed by atoms with Crippen molar-refractivity contribution in [2.24, 2.45) is 5.73 Å². The molecule has 2 heteroatoms. The van der Waals surface area contributed by atoms with Gasteiger partial charge in [0.05, 0.1) is 0 Å². The standard InChI is InChI=1S/C12H16BrN/c13-12-8-9(5-6-14)7-10-3-1-2-4-11(10)12/h7-8H,1-6,14H2. The third-order valence-corrected chi connectivity index (χ3v) is 3.61. The Morgan fingerprint density at radius 2 is 2.00 bits per heavy atom. The molecule has 14 heavy (non-hydrogen) atoms. The van der Waals surface area contributed by atoms with E-state index >= 15 is 0 Å². The van der Waals surface area contributed by atoms with E-state index in [0.29, 0.717) is 0 Å². The summed E-state index contributed by atoms with van der Waals surface area (Å²) in [6.45, 7) is 0.741. The molecule has 1 aromatic carbocycles. The molecule has 0 saturated heterocycles. The van der Waals surface area contributed by atoms with Gasteiger partial charge in [-0.2, -0.15) is 0 Å². The maximum Gasteiger partial charge on any atom is 0.0212 e. The van der Waals surface area contributed by atoms with Gasteiger partial charge in [-0.25, -0.2) is 0 Å². The smallest absolute Gasteiger partial charge is 0.0212 e. The normalized spacial score (nSPS) is 15.3. The van der Waals surface area contributed by atoms with Crippen LogP contribution < -0.4 is 5.73 Å². The van der Waals surface area contributed by atoms with Crippen molar-refractivity contribution in [2.45, 2.75) is 32.1 Å². The minimum atomic E-state index is 0.741. The zero-order chi connectivity index (χ0) is 9.97. The van der Waals surface area contributed by atoms with Gasteiger partial charge in [0.1, 0.15) is 0 Å². The molecule has 0 saturated carbocycles. The Morgan fingerprint density at radius 3 is 2.79 bits per heavy atom. The summed E-state index contributed by atoms with van der Waals surface area (Å²) in [5.74, 6) is 0. The van der Waals surface area contributed by atoms with E-state index in [2.05, 4.69) is 28.1 Å². The van der Waals surface area contributed by atoms with Crippen LogP contribution in [0.25, 0.3) is 0 Å². The summed E-state index contributed by atoms with van der Waals surface area (Å²) in [6.07, 6.45) is 6.14. The molecule has 0 amide bonds. The lowest BCUT2D eigenvalue weighted by Gasteiger charge is -2.18. The quantitative estimate of drug-likeness (QED) is 0.862. The zero-order valence-electron chi connectivity index (χ0n) is 8.35. The number of nitrogens with two attached hydrogens (primary N) is 1. The molecular weight excluding hydrogens is 238 g/mol. The molecule has 1 aliphatic carbocycles. The van der Waals surface area contributed by atoms with Gasteiger partial charge in [-0.05, 0) is 61.4 Å². The summed E-state index contributed by atoms with van der Waals surface area (Å²) in [6, 6.07) is 4.57. The van der Waals surface area contributed by atoms with Crippen molar-refractivity contribution in [1.82, 2.24) is 0 Å². The average molecular weight is 254 g/mol. The van der Waals surface area contributed by atoms with Crippen molar-refractivity contribution in [3.8, 4) is 0 Å². The van der Waals surface area contributed by atoms with Crippen LogP contribution >= 0.6 is 15.9 Å². The summed E-state index contributed by atoms with van der Waals surface area (Å²) in [5.41, 5.74) is 10.0. The first-order valence-electron chi connectivity index (χ1n) is 5.31. The van der Waals surface area contributed by atoms with E-state index in [1.165, 1.54) is 46.8 Å². The number of hydrogen-bond acceptors (Lipinski definition) is 1. The minimum Gasteiger partial charge on any atom is -0.330 e. The number of benzene rings is 1. The van der Waals surface area contributed by atoms with Gasteiger partial charge in [0, 0.05) is 4.47 Å². The molecule has 76 valence electrons. The van der Waals surface area contributed by atoms with Crippen LogP contribution in [0.5, 0.6) is 0 Å². The second-order valence-electron chi connectivity index (χ2n) is 3.96. The van der Waals surface area contributed by atoms with Crippen LogP contribution in [-0.4, -0.2) is 6.54 Å². The van der Waals surface area contributed by atoms with Crippen molar-refractivity contribution in [2.75, 3.05) is 6.54 Å². The highest BCUT2D eigenvalue weighted by Gasteiger charge is 2.12. The van der Waals surface area contributed by atoms with Gasteiger partial charge >= 0.3 is 0 Å². The number of hydrogen-bond donors (Lipinski definition) is 1. The van der Waals surface area contributed by atoms with E-state index in [1.807, 2.05) is 0 Å². The second kappa shape index (κ2) is 4.45. The largest absolute Gasteiger partial charge is 0.330 e. The van der Waals surface area contributed by atoms with Crippen molar-refractivity contribution in [3.63, 3.8) is 0 Å². The molecule has 1 aromatic rings. The van der Waals surface area contributed by atoms with Crippen molar-refractivity contribution in [1.29, 1.82) is 0 Å². The van der Waals surface area contributed by atoms with Gasteiger partial charge in [0.25, 0.3) is 0 Å². The van der Waals surface area contributed by atoms with Gasteiger partial charge in [-0.15, -0.1) is 0 Å².